The van der Waals surface area contributed by atoms with E-state index in [-0.39, 0.29) is 37.5 Å². The van der Waals surface area contributed by atoms with Crippen LogP contribution in [0.25, 0.3) is 0 Å². The normalized spacial score (nSPS) is 18.2. The molecule has 3 amide bonds. The van der Waals surface area contributed by atoms with Crippen LogP contribution in [0.15, 0.2) is 0 Å². The smallest absolute Gasteiger partial charge is 0.407 e. The van der Waals surface area contributed by atoms with Crippen molar-refractivity contribution in [1.82, 2.24) is 15.5 Å². The molecule has 1 atom stereocenters. The number of carbonyl (C=O) groups excluding carboxylic acids is 3. The minimum atomic E-state index is -0.579. The van der Waals surface area contributed by atoms with Crippen molar-refractivity contribution in [2.24, 2.45) is 0 Å². The fourth-order valence-corrected chi connectivity index (χ4v) is 1.64. The molecule has 1 fully saturated rings. The molecular weight excluding hydrogens is 250 g/mol. The van der Waals surface area contributed by atoms with E-state index < -0.39 is 11.7 Å². The number of ether oxygens (including phenoxy) is 1. The average molecular weight is 271 g/mol. The number of imide groups is 1. The van der Waals surface area contributed by atoms with Crippen molar-refractivity contribution >= 4 is 17.9 Å². The lowest BCUT2D eigenvalue weighted by Gasteiger charge is -2.29. The Morgan fingerprint density at radius 3 is 2.37 bits per heavy atom. The third-order valence-corrected chi connectivity index (χ3v) is 2.37. The predicted octanol–water partition coefficient (Wildman–Crippen LogP) is -0.142. The number of hydrogen-bond acceptors (Lipinski definition) is 5. The third-order valence-electron chi connectivity index (χ3n) is 2.37. The highest BCUT2D eigenvalue weighted by Gasteiger charge is 2.27. The van der Waals surface area contributed by atoms with Gasteiger partial charge in [-0.15, -0.1) is 0 Å². The first-order valence-electron chi connectivity index (χ1n) is 6.22. The minimum absolute atomic E-state index is 0.144. The van der Waals surface area contributed by atoms with Gasteiger partial charge >= 0.3 is 6.09 Å². The van der Waals surface area contributed by atoms with Gasteiger partial charge in [-0.2, -0.15) is 0 Å². The number of alkyl carbamates (subject to hydrolysis) is 1. The van der Waals surface area contributed by atoms with Crippen LogP contribution in [-0.2, 0) is 14.3 Å². The summed E-state index contributed by atoms with van der Waals surface area (Å²) in [6.07, 6.45) is -0.560. The Kier molecular flexibility index (Phi) is 4.88. The van der Waals surface area contributed by atoms with Crippen molar-refractivity contribution in [3.63, 3.8) is 0 Å². The van der Waals surface area contributed by atoms with Crippen LogP contribution in [0.3, 0.4) is 0 Å². The average Bonchev–Trinajstić information content (AvgIpc) is 2.20. The molecule has 108 valence electrons. The molecule has 0 aromatic carbocycles. The Bertz CT molecular complexity index is 360. The van der Waals surface area contributed by atoms with Gasteiger partial charge in [0.05, 0.1) is 13.1 Å². The fraction of sp³-hybridized carbons (Fsp3) is 0.750. The molecule has 0 aromatic heterocycles. The lowest BCUT2D eigenvalue weighted by molar-refractivity contribution is -0.146. The quantitative estimate of drug-likeness (QED) is 0.697. The van der Waals surface area contributed by atoms with E-state index in [0.717, 1.165) is 4.90 Å². The molecule has 0 bridgehead atoms. The Morgan fingerprint density at radius 1 is 1.37 bits per heavy atom. The van der Waals surface area contributed by atoms with Crippen LogP contribution in [-0.4, -0.2) is 54.1 Å². The second kappa shape index (κ2) is 6.01. The molecule has 7 nitrogen and oxygen atoms in total. The van der Waals surface area contributed by atoms with Gasteiger partial charge in [0.15, 0.2) is 0 Å². The van der Waals surface area contributed by atoms with Gasteiger partial charge in [0, 0.05) is 12.6 Å². The molecule has 1 saturated heterocycles. The SMILES string of the molecule is CC(CN1C(=O)CNCC1=O)NC(=O)OC(C)(C)C. The summed E-state index contributed by atoms with van der Waals surface area (Å²) in [5.41, 5.74) is -0.579. The van der Waals surface area contributed by atoms with E-state index in [1.54, 1.807) is 27.7 Å². The van der Waals surface area contributed by atoms with Crippen molar-refractivity contribution in [2.75, 3.05) is 19.6 Å². The third kappa shape index (κ3) is 5.25. The van der Waals surface area contributed by atoms with Crippen molar-refractivity contribution < 1.29 is 19.1 Å². The second-order valence-corrected chi connectivity index (χ2v) is 5.55. The van der Waals surface area contributed by atoms with Gasteiger partial charge in [-0.1, -0.05) is 0 Å². The molecule has 0 aliphatic carbocycles. The maximum Gasteiger partial charge on any atom is 0.407 e. The fourth-order valence-electron chi connectivity index (χ4n) is 1.64. The highest BCUT2D eigenvalue weighted by atomic mass is 16.6. The van der Waals surface area contributed by atoms with Gasteiger partial charge in [-0.3, -0.25) is 19.8 Å². The minimum Gasteiger partial charge on any atom is -0.444 e. The largest absolute Gasteiger partial charge is 0.444 e. The molecule has 1 aliphatic heterocycles. The Hall–Kier alpha value is -1.63. The van der Waals surface area contributed by atoms with Crippen molar-refractivity contribution in [2.45, 2.75) is 39.3 Å². The molecule has 19 heavy (non-hydrogen) atoms. The number of hydrogen-bond donors (Lipinski definition) is 2. The molecule has 0 spiro atoms. The van der Waals surface area contributed by atoms with Crippen LogP contribution in [0.1, 0.15) is 27.7 Å². The van der Waals surface area contributed by atoms with Crippen LogP contribution in [0.4, 0.5) is 4.79 Å². The van der Waals surface area contributed by atoms with Crippen molar-refractivity contribution in [3.8, 4) is 0 Å². The lowest BCUT2D eigenvalue weighted by Crippen LogP contribution is -2.55. The Balaban J connectivity index is 2.46. The number of piperazine rings is 1. The van der Waals surface area contributed by atoms with E-state index in [4.69, 9.17) is 4.74 Å². The van der Waals surface area contributed by atoms with Crippen LogP contribution in [0, 0.1) is 0 Å². The molecular formula is C12H21N3O4. The summed E-state index contributed by atoms with van der Waals surface area (Å²) >= 11 is 0. The number of nitrogens with one attached hydrogen (secondary N) is 2. The van der Waals surface area contributed by atoms with E-state index in [2.05, 4.69) is 10.6 Å². The zero-order valence-electron chi connectivity index (χ0n) is 11.8. The summed E-state index contributed by atoms with van der Waals surface area (Å²) in [6.45, 7) is 7.45. The molecule has 1 rings (SSSR count). The summed E-state index contributed by atoms with van der Waals surface area (Å²) < 4.78 is 5.10. The van der Waals surface area contributed by atoms with Gasteiger partial charge < -0.3 is 10.1 Å². The van der Waals surface area contributed by atoms with Gasteiger partial charge in [0.2, 0.25) is 11.8 Å². The second-order valence-electron chi connectivity index (χ2n) is 5.55. The lowest BCUT2D eigenvalue weighted by atomic mass is 10.2. The summed E-state index contributed by atoms with van der Waals surface area (Å²) in [4.78, 5) is 35.8. The summed E-state index contributed by atoms with van der Waals surface area (Å²) in [5, 5.41) is 5.30. The molecule has 7 heteroatoms. The number of rotatable bonds is 3. The molecule has 2 N–H and O–H groups in total. The standard InChI is InChI=1S/C12H21N3O4/c1-8(14-11(18)19-12(2,3)4)7-15-9(16)5-13-6-10(15)17/h8,13H,5-7H2,1-4H3,(H,14,18). The van der Waals surface area contributed by atoms with Crippen LogP contribution < -0.4 is 10.6 Å². The molecule has 1 aliphatic rings. The highest BCUT2D eigenvalue weighted by Crippen LogP contribution is 2.07. The first-order valence-corrected chi connectivity index (χ1v) is 6.22. The molecule has 0 saturated carbocycles. The number of nitrogens with zero attached hydrogens (tertiary/aromatic N) is 1. The van der Waals surface area contributed by atoms with E-state index in [1.807, 2.05) is 0 Å². The Morgan fingerprint density at radius 2 is 1.89 bits per heavy atom. The maximum atomic E-state index is 11.6. The maximum absolute atomic E-state index is 11.6. The van der Waals surface area contributed by atoms with E-state index in [9.17, 15) is 14.4 Å². The first kappa shape index (κ1) is 15.4. The zero-order chi connectivity index (χ0) is 14.6. The molecule has 0 aromatic rings. The summed E-state index contributed by atoms with van der Waals surface area (Å²) in [7, 11) is 0. The van der Waals surface area contributed by atoms with Gasteiger partial charge in [0.25, 0.3) is 0 Å². The van der Waals surface area contributed by atoms with E-state index in [1.165, 1.54) is 0 Å². The van der Waals surface area contributed by atoms with Crippen molar-refractivity contribution in [1.29, 1.82) is 0 Å². The van der Waals surface area contributed by atoms with Crippen LogP contribution >= 0.6 is 0 Å². The monoisotopic (exact) mass is 271 g/mol. The number of amides is 3. The highest BCUT2D eigenvalue weighted by molar-refractivity contribution is 5.99. The zero-order valence-corrected chi connectivity index (χ0v) is 11.8. The van der Waals surface area contributed by atoms with Crippen LogP contribution in [0.2, 0.25) is 0 Å². The predicted molar refractivity (Wildman–Crippen MR) is 68.4 cm³/mol. The number of carbonyl (C=O) groups is 3. The topological polar surface area (TPSA) is 87.7 Å². The molecule has 0 radical (unpaired) electrons. The van der Waals surface area contributed by atoms with Gasteiger partial charge in [-0.25, -0.2) is 4.79 Å². The van der Waals surface area contributed by atoms with Crippen LogP contribution in [0.5, 0.6) is 0 Å². The summed E-state index contributed by atoms with van der Waals surface area (Å²) in [5.74, 6) is -0.567. The Labute approximate surface area is 112 Å². The van der Waals surface area contributed by atoms with Crippen molar-refractivity contribution in [3.05, 3.63) is 0 Å². The first-order chi connectivity index (χ1) is 8.69. The molecule has 1 heterocycles. The molecule has 1 unspecified atom stereocenters. The van der Waals surface area contributed by atoms with E-state index in [0.29, 0.717) is 0 Å². The van der Waals surface area contributed by atoms with E-state index >= 15 is 0 Å². The summed E-state index contributed by atoms with van der Waals surface area (Å²) in [6, 6.07) is -0.360. The van der Waals surface area contributed by atoms with Gasteiger partial charge in [0.1, 0.15) is 5.60 Å². The van der Waals surface area contributed by atoms with Gasteiger partial charge in [-0.05, 0) is 27.7 Å².